The Hall–Kier alpha value is -4.40. The quantitative estimate of drug-likeness (QED) is 0.370. The highest BCUT2D eigenvalue weighted by molar-refractivity contribution is 6.25. The average Bonchev–Trinajstić information content (AvgIpc) is 2.87. The van der Waals surface area contributed by atoms with Gasteiger partial charge in [0.05, 0.1) is 13.2 Å². The Morgan fingerprint density at radius 2 is 1.58 bits per heavy atom. The van der Waals surface area contributed by atoms with Gasteiger partial charge < -0.3 is 9.47 Å². The van der Waals surface area contributed by atoms with E-state index in [2.05, 4.69) is 10.9 Å². The molecule has 186 valence electrons. The molecule has 0 fully saturated rings. The van der Waals surface area contributed by atoms with Gasteiger partial charge in [0, 0.05) is 35.0 Å². The molecule has 0 saturated carbocycles. The van der Waals surface area contributed by atoms with Crippen molar-refractivity contribution in [3.8, 4) is 11.5 Å². The van der Waals surface area contributed by atoms with Crippen LogP contribution >= 0.6 is 0 Å². The molecule has 3 aromatic rings. The van der Waals surface area contributed by atoms with E-state index in [1.54, 1.807) is 36.4 Å². The minimum Gasteiger partial charge on any atom is -0.493 e. The maximum atomic E-state index is 12.9. The van der Waals surface area contributed by atoms with Crippen molar-refractivity contribution in [3.63, 3.8) is 0 Å². The number of methoxy groups -OCH3 is 1. The number of carbonyl (C=O) groups is 4. The Morgan fingerprint density at radius 3 is 2.19 bits per heavy atom. The minimum absolute atomic E-state index is 0.00761. The highest BCUT2D eigenvalue weighted by atomic mass is 16.5. The molecule has 1 aliphatic heterocycles. The SMILES string of the molecule is COc1cc(C(=O)NNC(=O)CCCN2C(=O)c3cccc4cccc(c34)C2=O)ccc1OC(C)C. The lowest BCUT2D eigenvalue weighted by Crippen LogP contribution is -2.43. The number of ether oxygens (including phenoxy) is 2. The molecule has 4 rings (SSSR count). The fourth-order valence-corrected chi connectivity index (χ4v) is 4.10. The Balaban J connectivity index is 1.31. The zero-order valence-corrected chi connectivity index (χ0v) is 20.3. The summed E-state index contributed by atoms with van der Waals surface area (Å²) in [4.78, 5) is 51.7. The lowest BCUT2D eigenvalue weighted by Gasteiger charge is -2.27. The fourth-order valence-electron chi connectivity index (χ4n) is 4.10. The van der Waals surface area contributed by atoms with Gasteiger partial charge in [-0.1, -0.05) is 24.3 Å². The smallest absolute Gasteiger partial charge is 0.269 e. The van der Waals surface area contributed by atoms with Gasteiger partial charge in [-0.25, -0.2) is 0 Å². The predicted molar refractivity (Wildman–Crippen MR) is 133 cm³/mol. The summed E-state index contributed by atoms with van der Waals surface area (Å²) < 4.78 is 10.9. The maximum absolute atomic E-state index is 12.9. The summed E-state index contributed by atoms with van der Waals surface area (Å²) in [6.07, 6.45) is 0.192. The molecule has 0 spiro atoms. The second kappa shape index (κ2) is 10.5. The van der Waals surface area contributed by atoms with Gasteiger partial charge in [0.1, 0.15) is 0 Å². The van der Waals surface area contributed by atoms with E-state index in [1.807, 2.05) is 26.0 Å². The number of nitrogens with one attached hydrogen (secondary N) is 2. The molecule has 1 aliphatic rings. The number of rotatable bonds is 8. The van der Waals surface area contributed by atoms with Crippen LogP contribution in [0, 0.1) is 0 Å². The van der Waals surface area contributed by atoms with Crippen molar-refractivity contribution in [3.05, 3.63) is 71.3 Å². The third-order valence-electron chi connectivity index (χ3n) is 5.75. The number of imide groups is 1. The zero-order chi connectivity index (χ0) is 25.8. The lowest BCUT2D eigenvalue weighted by molar-refractivity contribution is -0.122. The number of hydrogen-bond acceptors (Lipinski definition) is 6. The molecule has 4 amide bonds. The van der Waals surface area contributed by atoms with Crippen LogP contribution in [0.2, 0.25) is 0 Å². The first-order chi connectivity index (χ1) is 17.3. The number of benzene rings is 3. The summed E-state index contributed by atoms with van der Waals surface area (Å²) >= 11 is 0. The fraction of sp³-hybridized carbons (Fsp3) is 0.259. The first kappa shape index (κ1) is 24.7. The van der Waals surface area contributed by atoms with Gasteiger partial charge in [-0.2, -0.15) is 0 Å². The van der Waals surface area contributed by atoms with E-state index in [0.29, 0.717) is 28.0 Å². The Bertz CT molecular complexity index is 1300. The molecule has 0 atom stereocenters. The molecule has 9 heteroatoms. The molecule has 0 aliphatic carbocycles. The third kappa shape index (κ3) is 5.00. The normalized spacial score (nSPS) is 12.6. The minimum atomic E-state index is -0.524. The largest absolute Gasteiger partial charge is 0.493 e. The number of hydrazine groups is 1. The van der Waals surface area contributed by atoms with Gasteiger partial charge >= 0.3 is 0 Å². The molecule has 0 aromatic heterocycles. The Morgan fingerprint density at radius 1 is 0.917 bits per heavy atom. The molecule has 3 aromatic carbocycles. The van der Waals surface area contributed by atoms with Gasteiger partial charge in [-0.15, -0.1) is 0 Å². The van der Waals surface area contributed by atoms with E-state index in [1.165, 1.54) is 13.2 Å². The monoisotopic (exact) mass is 489 g/mol. The van der Waals surface area contributed by atoms with Crippen molar-refractivity contribution in [2.45, 2.75) is 32.8 Å². The lowest BCUT2D eigenvalue weighted by atomic mass is 9.94. The molecule has 1 heterocycles. The topological polar surface area (TPSA) is 114 Å². The predicted octanol–water partition coefficient (Wildman–Crippen LogP) is 3.47. The number of hydrogen-bond donors (Lipinski definition) is 2. The van der Waals surface area contributed by atoms with Gasteiger partial charge in [0.25, 0.3) is 17.7 Å². The van der Waals surface area contributed by atoms with E-state index < -0.39 is 11.8 Å². The Labute approximate surface area is 208 Å². The summed E-state index contributed by atoms with van der Waals surface area (Å²) in [6.45, 7) is 3.84. The summed E-state index contributed by atoms with van der Waals surface area (Å²) in [7, 11) is 1.48. The molecular weight excluding hydrogens is 462 g/mol. The molecule has 0 bridgehead atoms. The molecule has 9 nitrogen and oxygen atoms in total. The van der Waals surface area contributed by atoms with Gasteiger partial charge in [-0.3, -0.25) is 34.9 Å². The zero-order valence-electron chi connectivity index (χ0n) is 20.3. The molecule has 2 N–H and O–H groups in total. The van der Waals surface area contributed by atoms with Crippen LogP contribution in [-0.2, 0) is 4.79 Å². The second-order valence-corrected chi connectivity index (χ2v) is 8.61. The Kier molecular flexibility index (Phi) is 7.19. The number of carbonyl (C=O) groups excluding carboxylic acids is 4. The molecule has 0 unspecified atom stereocenters. The first-order valence-corrected chi connectivity index (χ1v) is 11.6. The van der Waals surface area contributed by atoms with E-state index >= 15 is 0 Å². The second-order valence-electron chi connectivity index (χ2n) is 8.61. The summed E-state index contributed by atoms with van der Waals surface area (Å²) in [5, 5.41) is 1.49. The van der Waals surface area contributed by atoms with E-state index in [-0.39, 0.29) is 42.9 Å². The van der Waals surface area contributed by atoms with Crippen molar-refractivity contribution in [1.82, 2.24) is 15.8 Å². The molecule has 36 heavy (non-hydrogen) atoms. The third-order valence-corrected chi connectivity index (χ3v) is 5.75. The van der Waals surface area contributed by atoms with Crippen LogP contribution in [0.3, 0.4) is 0 Å². The van der Waals surface area contributed by atoms with Crippen molar-refractivity contribution in [1.29, 1.82) is 0 Å². The molecule has 0 radical (unpaired) electrons. The van der Waals surface area contributed by atoms with Crippen molar-refractivity contribution >= 4 is 34.4 Å². The van der Waals surface area contributed by atoms with Gasteiger partial charge in [-0.05, 0) is 56.0 Å². The number of amides is 4. The molecular formula is C27H27N3O6. The number of nitrogens with zero attached hydrogens (tertiary/aromatic N) is 1. The van der Waals surface area contributed by atoms with Gasteiger partial charge in [0.15, 0.2) is 11.5 Å². The van der Waals surface area contributed by atoms with Crippen LogP contribution in [0.15, 0.2) is 54.6 Å². The van der Waals surface area contributed by atoms with Crippen LogP contribution in [0.4, 0.5) is 0 Å². The van der Waals surface area contributed by atoms with Crippen LogP contribution in [0.5, 0.6) is 11.5 Å². The van der Waals surface area contributed by atoms with Crippen molar-refractivity contribution in [2.24, 2.45) is 0 Å². The maximum Gasteiger partial charge on any atom is 0.269 e. The van der Waals surface area contributed by atoms with E-state index in [4.69, 9.17) is 9.47 Å². The van der Waals surface area contributed by atoms with Gasteiger partial charge in [0.2, 0.25) is 5.91 Å². The first-order valence-electron chi connectivity index (χ1n) is 11.6. The highest BCUT2D eigenvalue weighted by Gasteiger charge is 2.32. The van der Waals surface area contributed by atoms with Crippen molar-refractivity contribution < 1.29 is 28.7 Å². The van der Waals surface area contributed by atoms with Crippen LogP contribution < -0.4 is 20.3 Å². The van der Waals surface area contributed by atoms with Crippen LogP contribution in [0.1, 0.15) is 57.8 Å². The van der Waals surface area contributed by atoms with E-state index in [0.717, 1.165) is 10.3 Å². The molecule has 0 saturated heterocycles. The highest BCUT2D eigenvalue weighted by Crippen LogP contribution is 2.30. The summed E-state index contributed by atoms with van der Waals surface area (Å²) in [5.74, 6) is -0.823. The summed E-state index contributed by atoms with van der Waals surface area (Å²) in [6, 6.07) is 15.4. The summed E-state index contributed by atoms with van der Waals surface area (Å²) in [5.41, 5.74) is 5.94. The standard InChI is InChI=1S/C27H27N3O6/c1-16(2)36-21-13-12-18(15-22(21)35-3)25(32)29-28-23(31)11-6-14-30-26(33)19-9-4-7-17-8-5-10-20(24(17)19)27(30)34/h4-5,7-10,12-13,15-16H,6,11,14H2,1-3H3,(H,28,31)(H,29,32). The van der Waals surface area contributed by atoms with E-state index in [9.17, 15) is 19.2 Å². The van der Waals surface area contributed by atoms with Crippen molar-refractivity contribution in [2.75, 3.05) is 13.7 Å². The van der Waals surface area contributed by atoms with Crippen LogP contribution in [0.25, 0.3) is 10.8 Å². The van der Waals surface area contributed by atoms with Crippen LogP contribution in [-0.4, -0.2) is 48.3 Å². The average molecular weight is 490 g/mol.